The Labute approximate surface area is 103 Å². The fourth-order valence-corrected chi connectivity index (χ4v) is 6.31. The third-order valence-electron chi connectivity index (χ3n) is 2.76. The summed E-state index contributed by atoms with van der Waals surface area (Å²) in [7, 11) is 2.64. The average molecular weight is 260 g/mol. The van der Waals surface area contributed by atoms with Gasteiger partial charge >= 0.3 is 8.01 Å². The van der Waals surface area contributed by atoms with Crippen LogP contribution in [0.25, 0.3) is 0 Å². The summed E-state index contributed by atoms with van der Waals surface area (Å²) in [6.45, 7) is 11.8. The lowest BCUT2D eigenvalue weighted by atomic mass is 10.0. The van der Waals surface area contributed by atoms with E-state index in [1.54, 1.807) is 0 Å². The second-order valence-electron chi connectivity index (χ2n) is 6.02. The van der Waals surface area contributed by atoms with Gasteiger partial charge in [0, 0.05) is 27.2 Å². The standard InChI is InChI=1S/C11H27N3PSi/c1-11-7-9-14(10-8-11)15(13(2)3)12-16(4,5)6/h11H,7-10H2,1-6H3/q+1. The van der Waals surface area contributed by atoms with Gasteiger partial charge in [-0.25, -0.2) is 0 Å². The van der Waals surface area contributed by atoms with E-state index < -0.39 is 16.3 Å². The normalized spacial score (nSPS) is 21.8. The van der Waals surface area contributed by atoms with E-state index in [0.29, 0.717) is 0 Å². The Bertz CT molecular complexity index is 252. The van der Waals surface area contributed by atoms with Gasteiger partial charge in [0.2, 0.25) is 8.24 Å². The third-order valence-corrected chi connectivity index (χ3v) is 7.50. The highest BCUT2D eigenvalue weighted by Gasteiger charge is 2.34. The molecule has 1 aliphatic rings. The zero-order valence-electron chi connectivity index (χ0n) is 11.7. The van der Waals surface area contributed by atoms with E-state index in [9.17, 15) is 0 Å². The van der Waals surface area contributed by atoms with E-state index in [2.05, 4.69) is 50.0 Å². The fraction of sp³-hybridized carbons (Fsp3) is 1.00. The minimum atomic E-state index is -1.31. The number of piperidine rings is 1. The molecule has 0 aromatic carbocycles. The summed E-state index contributed by atoms with van der Waals surface area (Å²) in [5.41, 5.74) is 0. The van der Waals surface area contributed by atoms with Gasteiger partial charge in [0.1, 0.15) is 0 Å². The Balaban J connectivity index is 2.75. The lowest BCUT2D eigenvalue weighted by molar-refractivity contribution is 0.294. The van der Waals surface area contributed by atoms with Crippen LogP contribution in [-0.2, 0) is 0 Å². The first-order valence-corrected chi connectivity index (χ1v) is 10.9. The van der Waals surface area contributed by atoms with Crippen LogP contribution in [0.3, 0.4) is 0 Å². The molecule has 5 heteroatoms. The van der Waals surface area contributed by atoms with Crippen molar-refractivity contribution >= 4 is 16.3 Å². The predicted molar refractivity (Wildman–Crippen MR) is 76.4 cm³/mol. The van der Waals surface area contributed by atoms with Crippen LogP contribution in [0.1, 0.15) is 19.8 Å². The Morgan fingerprint density at radius 3 is 2.06 bits per heavy atom. The van der Waals surface area contributed by atoms with Gasteiger partial charge in [0.25, 0.3) is 0 Å². The van der Waals surface area contributed by atoms with E-state index in [4.69, 9.17) is 4.41 Å². The molecule has 0 spiro atoms. The molecule has 0 saturated carbocycles. The van der Waals surface area contributed by atoms with Crippen LogP contribution in [0.4, 0.5) is 0 Å². The van der Waals surface area contributed by atoms with E-state index >= 15 is 0 Å². The number of hydrogen-bond donors (Lipinski definition) is 0. The van der Waals surface area contributed by atoms with Crippen LogP contribution >= 0.6 is 8.01 Å². The molecule has 0 N–H and O–H groups in total. The van der Waals surface area contributed by atoms with Gasteiger partial charge in [-0.3, -0.25) is 0 Å². The van der Waals surface area contributed by atoms with Crippen molar-refractivity contribution in [2.45, 2.75) is 39.4 Å². The molecule has 0 aromatic heterocycles. The molecule has 1 fully saturated rings. The topological polar surface area (TPSA) is 18.8 Å². The lowest BCUT2D eigenvalue weighted by Gasteiger charge is -2.25. The second-order valence-corrected chi connectivity index (χ2v) is 13.1. The maximum absolute atomic E-state index is 5.11. The molecule has 1 aliphatic heterocycles. The van der Waals surface area contributed by atoms with Gasteiger partial charge in [-0.05, 0) is 38.4 Å². The van der Waals surface area contributed by atoms with Crippen LogP contribution in [-0.4, -0.2) is 44.8 Å². The van der Waals surface area contributed by atoms with E-state index in [1.165, 1.54) is 25.9 Å². The molecule has 94 valence electrons. The summed E-state index contributed by atoms with van der Waals surface area (Å²) < 4.78 is 10.0. The molecule has 1 atom stereocenters. The minimum Gasteiger partial charge on any atom is -0.125 e. The largest absolute Gasteiger partial charge is 0.387 e. The summed E-state index contributed by atoms with van der Waals surface area (Å²) in [5, 5.41) is 0. The molecule has 1 unspecified atom stereocenters. The smallest absolute Gasteiger partial charge is 0.125 e. The first-order chi connectivity index (χ1) is 7.29. The summed E-state index contributed by atoms with van der Waals surface area (Å²) in [5.74, 6) is 0.905. The zero-order chi connectivity index (χ0) is 12.3. The molecular formula is C11H27N3PSi+. The molecular weight excluding hydrogens is 233 g/mol. The van der Waals surface area contributed by atoms with Crippen LogP contribution < -0.4 is 0 Å². The van der Waals surface area contributed by atoms with Crippen LogP contribution in [0, 0.1) is 5.92 Å². The second kappa shape index (κ2) is 5.72. The van der Waals surface area contributed by atoms with Crippen LogP contribution in [0.2, 0.25) is 19.6 Å². The maximum atomic E-state index is 5.11. The highest BCUT2D eigenvalue weighted by Crippen LogP contribution is 2.38. The third kappa shape index (κ3) is 4.62. The molecule has 1 rings (SSSR count). The molecule has 0 aromatic rings. The molecule has 0 bridgehead atoms. The van der Waals surface area contributed by atoms with Crippen LogP contribution in [0.15, 0.2) is 4.41 Å². The Kier molecular flexibility index (Phi) is 5.11. The number of nitrogens with zero attached hydrogens (tertiary/aromatic N) is 3. The molecule has 0 radical (unpaired) electrons. The van der Waals surface area contributed by atoms with E-state index in [1.807, 2.05) is 0 Å². The fourth-order valence-electron chi connectivity index (χ4n) is 1.85. The first-order valence-electron chi connectivity index (χ1n) is 6.24. The highest BCUT2D eigenvalue weighted by molar-refractivity contribution is 7.43. The van der Waals surface area contributed by atoms with Crippen molar-refractivity contribution in [1.82, 2.24) is 9.34 Å². The predicted octanol–water partition coefficient (Wildman–Crippen LogP) is 3.61. The van der Waals surface area contributed by atoms with Crippen LogP contribution in [0.5, 0.6) is 0 Å². The molecule has 3 nitrogen and oxygen atoms in total. The van der Waals surface area contributed by atoms with E-state index in [0.717, 1.165) is 5.92 Å². The van der Waals surface area contributed by atoms with Crippen molar-refractivity contribution in [2.24, 2.45) is 10.3 Å². The van der Waals surface area contributed by atoms with Crippen molar-refractivity contribution in [2.75, 3.05) is 27.2 Å². The highest BCUT2D eigenvalue weighted by atomic mass is 31.1. The molecule has 1 saturated heterocycles. The van der Waals surface area contributed by atoms with Gasteiger partial charge in [0.05, 0.1) is 0 Å². The van der Waals surface area contributed by atoms with Gasteiger partial charge in [-0.1, -0.05) is 11.6 Å². The number of rotatable bonds is 3. The molecule has 0 amide bonds. The van der Waals surface area contributed by atoms with Gasteiger partial charge < -0.3 is 0 Å². The van der Waals surface area contributed by atoms with Crippen molar-refractivity contribution in [1.29, 1.82) is 0 Å². The Hall–Kier alpha value is 0.237. The lowest BCUT2D eigenvalue weighted by Crippen LogP contribution is -2.31. The van der Waals surface area contributed by atoms with Gasteiger partial charge in [-0.2, -0.15) is 0 Å². The summed E-state index contributed by atoms with van der Waals surface area (Å²) in [4.78, 5) is 0. The van der Waals surface area contributed by atoms with Crippen molar-refractivity contribution in [3.8, 4) is 0 Å². The number of hydrogen-bond acceptors (Lipinski definition) is 1. The van der Waals surface area contributed by atoms with Crippen molar-refractivity contribution in [3.05, 3.63) is 0 Å². The zero-order valence-corrected chi connectivity index (χ0v) is 13.6. The molecule has 0 aliphatic carbocycles. The average Bonchev–Trinajstić information content (AvgIpc) is 2.14. The quantitative estimate of drug-likeness (QED) is 0.570. The molecule has 1 heterocycles. The Morgan fingerprint density at radius 1 is 1.19 bits per heavy atom. The van der Waals surface area contributed by atoms with Gasteiger partial charge in [0.15, 0.2) is 0 Å². The molecule has 16 heavy (non-hydrogen) atoms. The summed E-state index contributed by atoms with van der Waals surface area (Å²) >= 11 is 0. The SMILES string of the molecule is CC1CCN([P+](=N[Si](C)(C)C)N(C)C)CC1. The maximum Gasteiger partial charge on any atom is 0.387 e. The summed E-state index contributed by atoms with van der Waals surface area (Å²) in [6, 6.07) is 0. The van der Waals surface area contributed by atoms with Gasteiger partial charge in [-0.15, -0.1) is 9.08 Å². The minimum absolute atomic E-state index is 0.392. The monoisotopic (exact) mass is 260 g/mol. The van der Waals surface area contributed by atoms with Crippen molar-refractivity contribution in [3.63, 3.8) is 0 Å². The van der Waals surface area contributed by atoms with E-state index in [-0.39, 0.29) is 0 Å². The van der Waals surface area contributed by atoms with Crippen molar-refractivity contribution < 1.29 is 0 Å². The first kappa shape index (κ1) is 14.3. The Morgan fingerprint density at radius 2 is 1.69 bits per heavy atom. The summed E-state index contributed by atoms with van der Waals surface area (Å²) in [6.07, 6.45) is 2.68.